The number of aryl methyl sites for hydroxylation is 1. The van der Waals surface area contributed by atoms with E-state index in [1.165, 1.54) is 23.4 Å². The molecule has 11 heteroatoms. The molecule has 0 aliphatic rings. The summed E-state index contributed by atoms with van der Waals surface area (Å²) in [5.41, 5.74) is 3.53. The average molecular weight is 559 g/mol. The third-order valence-corrected chi connectivity index (χ3v) is 7.69. The summed E-state index contributed by atoms with van der Waals surface area (Å²) in [6, 6.07) is 20.7. The number of hydrogen-bond donors (Lipinski definition) is 1. The third kappa shape index (κ3) is 5.59. The van der Waals surface area contributed by atoms with Crippen molar-refractivity contribution in [2.75, 3.05) is 11.8 Å². The molecule has 3 aromatic carbocycles. The van der Waals surface area contributed by atoms with Crippen molar-refractivity contribution in [2.24, 2.45) is 0 Å². The number of anilines is 1. The summed E-state index contributed by atoms with van der Waals surface area (Å²) in [6.45, 7) is 3.56. The number of aromatic nitrogens is 2. The Balaban J connectivity index is 1.54. The molecule has 0 spiro atoms. The molecule has 1 N–H and O–H groups in total. The highest BCUT2D eigenvalue weighted by Crippen LogP contribution is 2.34. The zero-order valence-electron chi connectivity index (χ0n) is 22.0. The molecule has 10 nitrogen and oxygen atoms in total. The van der Waals surface area contributed by atoms with Gasteiger partial charge >= 0.3 is 6.09 Å². The molecule has 0 radical (unpaired) electrons. The Bertz CT molecular complexity index is 1750. The summed E-state index contributed by atoms with van der Waals surface area (Å²) in [7, 11) is -2.47. The van der Waals surface area contributed by atoms with Gasteiger partial charge in [-0.25, -0.2) is 22.9 Å². The van der Waals surface area contributed by atoms with Crippen molar-refractivity contribution in [1.82, 2.24) is 15.0 Å². The molecule has 0 aliphatic carbocycles. The molecule has 204 valence electrons. The maximum absolute atomic E-state index is 13.5. The number of hydrogen-bond acceptors (Lipinski definition) is 8. The minimum Gasteiger partial charge on any atom is -0.445 e. The van der Waals surface area contributed by atoms with E-state index < -0.39 is 16.1 Å². The van der Waals surface area contributed by atoms with Crippen LogP contribution in [0.15, 0.2) is 99.1 Å². The highest BCUT2D eigenvalue weighted by atomic mass is 32.2. The number of ether oxygens (including phenoxy) is 1. The van der Waals surface area contributed by atoms with Gasteiger partial charge in [0.1, 0.15) is 12.0 Å². The van der Waals surface area contributed by atoms with Crippen molar-refractivity contribution < 1.29 is 26.9 Å². The first-order valence-electron chi connectivity index (χ1n) is 12.3. The molecule has 2 aromatic heterocycles. The van der Waals surface area contributed by atoms with Gasteiger partial charge in [-0.15, -0.1) is 0 Å². The molecule has 1 amide bonds. The lowest BCUT2D eigenvalue weighted by Gasteiger charge is -2.20. The fraction of sp³-hybridized carbons (Fsp3) is 0.138. The fourth-order valence-electron chi connectivity index (χ4n) is 4.08. The summed E-state index contributed by atoms with van der Waals surface area (Å²) >= 11 is 0. The van der Waals surface area contributed by atoms with Crippen LogP contribution < -0.4 is 9.46 Å². The van der Waals surface area contributed by atoms with Crippen LogP contribution in [0.2, 0.25) is 0 Å². The fourth-order valence-corrected chi connectivity index (χ4v) is 5.35. The summed E-state index contributed by atoms with van der Waals surface area (Å²) < 4.78 is 45.8. The van der Waals surface area contributed by atoms with E-state index in [1.807, 2.05) is 12.1 Å². The van der Waals surface area contributed by atoms with Crippen LogP contribution >= 0.6 is 0 Å². The normalized spacial score (nSPS) is 11.3. The maximum Gasteiger partial charge on any atom is 0.415 e. The second kappa shape index (κ2) is 11.1. The van der Waals surface area contributed by atoms with Crippen LogP contribution in [-0.4, -0.2) is 36.6 Å². The van der Waals surface area contributed by atoms with Gasteiger partial charge < -0.3 is 18.6 Å². The second-order valence-corrected chi connectivity index (χ2v) is 10.7. The molecule has 0 aliphatic heterocycles. The van der Waals surface area contributed by atoms with Gasteiger partial charge in [0, 0.05) is 30.3 Å². The maximum atomic E-state index is 13.5. The smallest absolute Gasteiger partial charge is 0.415 e. The largest absolute Gasteiger partial charge is 0.445 e. The molecular formula is C29H26N4O6S. The highest BCUT2D eigenvalue weighted by molar-refractivity contribution is 7.92. The van der Waals surface area contributed by atoms with Gasteiger partial charge in [0.25, 0.3) is 10.0 Å². The van der Waals surface area contributed by atoms with E-state index in [9.17, 15) is 13.2 Å². The summed E-state index contributed by atoms with van der Waals surface area (Å²) in [4.78, 5) is 18.5. The Hall–Kier alpha value is -4.90. The van der Waals surface area contributed by atoms with Gasteiger partial charge in [-0.2, -0.15) is 0 Å². The predicted molar refractivity (Wildman–Crippen MR) is 148 cm³/mol. The number of sulfonamides is 1. The Morgan fingerprint density at radius 3 is 2.45 bits per heavy atom. The monoisotopic (exact) mass is 558 g/mol. The van der Waals surface area contributed by atoms with Crippen molar-refractivity contribution in [3.8, 4) is 28.3 Å². The first-order chi connectivity index (χ1) is 19.2. The highest BCUT2D eigenvalue weighted by Gasteiger charge is 2.25. The lowest BCUT2D eigenvalue weighted by Crippen LogP contribution is -2.29. The quantitative estimate of drug-likeness (QED) is 0.244. The van der Waals surface area contributed by atoms with Gasteiger partial charge in [-0.05, 0) is 55.3 Å². The van der Waals surface area contributed by atoms with Crippen LogP contribution in [0.25, 0.3) is 22.6 Å². The number of amides is 1. The van der Waals surface area contributed by atoms with Crippen molar-refractivity contribution in [2.45, 2.75) is 25.3 Å². The van der Waals surface area contributed by atoms with Crippen molar-refractivity contribution in [3.63, 3.8) is 0 Å². The molecule has 0 fully saturated rings. The van der Waals surface area contributed by atoms with Gasteiger partial charge in [0.15, 0.2) is 0 Å². The van der Waals surface area contributed by atoms with E-state index in [2.05, 4.69) is 14.9 Å². The summed E-state index contributed by atoms with van der Waals surface area (Å²) in [6.07, 6.45) is 2.43. The molecule has 0 atom stereocenters. The van der Waals surface area contributed by atoms with E-state index in [0.717, 1.165) is 0 Å². The van der Waals surface area contributed by atoms with E-state index in [4.69, 9.17) is 13.7 Å². The lowest BCUT2D eigenvalue weighted by molar-refractivity contribution is 0.161. The zero-order chi connectivity index (χ0) is 28.3. The van der Waals surface area contributed by atoms with E-state index >= 15 is 0 Å². The van der Waals surface area contributed by atoms with Gasteiger partial charge in [0.2, 0.25) is 11.8 Å². The van der Waals surface area contributed by atoms with Crippen LogP contribution in [0.1, 0.15) is 16.8 Å². The number of para-hydroxylation sites is 1. The molecular weight excluding hydrogens is 532 g/mol. The number of oxazole rings is 1. The van der Waals surface area contributed by atoms with Crippen LogP contribution in [0.3, 0.4) is 0 Å². The minimum atomic E-state index is -4.08. The molecule has 5 aromatic rings. The topological polar surface area (TPSA) is 128 Å². The van der Waals surface area contributed by atoms with Gasteiger partial charge in [0.05, 0.1) is 16.8 Å². The number of nitrogens with one attached hydrogen (secondary N) is 1. The van der Waals surface area contributed by atoms with Crippen LogP contribution in [0.5, 0.6) is 5.75 Å². The number of carbonyl (C=O) groups is 1. The number of carbonyl (C=O) groups excluding carboxylic acids is 1. The number of nitrogens with zero attached hydrogens (tertiary/aromatic N) is 3. The standard InChI is InChI=1S/C29H26N4O6S/c1-19-20(2)31-39-27(19)32-40(35,36)26-12-8-7-11-25(26)24-14-13-21(28-30-15-16-37-28)17-22(24)18-33(3)29(34)38-23-9-5-4-6-10-23/h4-17,32H,18H2,1-3H3. The van der Waals surface area contributed by atoms with Crippen molar-refractivity contribution in [1.29, 1.82) is 0 Å². The van der Waals surface area contributed by atoms with Gasteiger partial charge in [-0.1, -0.05) is 47.6 Å². The van der Waals surface area contributed by atoms with Crippen LogP contribution in [0, 0.1) is 13.8 Å². The van der Waals surface area contributed by atoms with E-state index in [1.54, 1.807) is 75.5 Å². The van der Waals surface area contributed by atoms with Gasteiger partial charge in [-0.3, -0.25) is 0 Å². The van der Waals surface area contributed by atoms with Crippen molar-refractivity contribution >= 4 is 22.0 Å². The summed E-state index contributed by atoms with van der Waals surface area (Å²) in [5, 5.41) is 3.84. The Labute approximate surface area is 231 Å². The minimum absolute atomic E-state index is 0.0306. The first-order valence-corrected chi connectivity index (χ1v) is 13.8. The molecule has 0 saturated carbocycles. The predicted octanol–water partition coefficient (Wildman–Crippen LogP) is 6.05. The summed E-state index contributed by atoms with van der Waals surface area (Å²) in [5.74, 6) is 0.852. The Kier molecular flexibility index (Phi) is 7.39. The Morgan fingerprint density at radius 2 is 1.75 bits per heavy atom. The average Bonchev–Trinajstić information content (AvgIpc) is 3.60. The molecule has 40 heavy (non-hydrogen) atoms. The lowest BCUT2D eigenvalue weighted by atomic mass is 9.97. The second-order valence-electron chi connectivity index (χ2n) is 9.07. The van der Waals surface area contributed by atoms with Crippen molar-refractivity contribution in [3.05, 3.63) is 102 Å². The zero-order valence-corrected chi connectivity index (χ0v) is 22.8. The SMILES string of the molecule is Cc1noc(NS(=O)(=O)c2ccccc2-c2ccc(-c3ncco3)cc2CN(C)C(=O)Oc2ccccc2)c1C. The van der Waals surface area contributed by atoms with E-state index in [0.29, 0.717) is 45.2 Å². The molecule has 0 unspecified atom stereocenters. The Morgan fingerprint density at radius 1 is 1.00 bits per heavy atom. The third-order valence-electron chi connectivity index (χ3n) is 6.30. The number of rotatable bonds is 8. The van der Waals surface area contributed by atoms with Crippen LogP contribution in [0.4, 0.5) is 10.7 Å². The molecule has 0 saturated heterocycles. The molecule has 5 rings (SSSR count). The molecule has 0 bridgehead atoms. The molecule has 2 heterocycles. The first kappa shape index (κ1) is 26.7. The van der Waals surface area contributed by atoms with Crippen LogP contribution in [-0.2, 0) is 16.6 Å². The van der Waals surface area contributed by atoms with E-state index in [-0.39, 0.29) is 17.3 Å². The number of benzene rings is 3.